The fourth-order valence-corrected chi connectivity index (χ4v) is 3.40. The van der Waals surface area contributed by atoms with E-state index in [9.17, 15) is 24.8 Å². The maximum Gasteiger partial charge on any atom is 0.336 e. The van der Waals surface area contributed by atoms with Gasteiger partial charge in [0.2, 0.25) is 0 Å². The van der Waals surface area contributed by atoms with Crippen molar-refractivity contribution in [3.63, 3.8) is 0 Å². The lowest BCUT2D eigenvalue weighted by Crippen LogP contribution is -2.36. The topological polar surface area (TPSA) is 128 Å². The fraction of sp³-hybridized carbons (Fsp3) is 0.400. The molecular formula is C20H24N2O8. The molecule has 0 amide bonds. The van der Waals surface area contributed by atoms with E-state index in [4.69, 9.17) is 14.2 Å². The minimum atomic E-state index is -1.25. The number of aliphatic carboxylic acids is 1. The summed E-state index contributed by atoms with van der Waals surface area (Å²) < 4.78 is 15.4. The summed E-state index contributed by atoms with van der Waals surface area (Å²) in [5.41, 5.74) is 0.899. The molecule has 0 saturated heterocycles. The Morgan fingerprint density at radius 3 is 2.40 bits per heavy atom. The Kier molecular flexibility index (Phi) is 7.67. The van der Waals surface area contributed by atoms with Crippen LogP contribution in [-0.2, 0) is 23.8 Å². The number of methoxy groups -OCH3 is 2. The molecule has 1 aliphatic heterocycles. The number of rotatable bonds is 9. The van der Waals surface area contributed by atoms with Crippen molar-refractivity contribution >= 4 is 17.6 Å². The van der Waals surface area contributed by atoms with Crippen molar-refractivity contribution < 1.29 is 33.8 Å². The van der Waals surface area contributed by atoms with E-state index in [1.165, 1.54) is 32.4 Å². The molecule has 0 saturated carbocycles. The summed E-state index contributed by atoms with van der Waals surface area (Å²) >= 11 is 0. The number of non-ortho nitro benzene ring substituents is 1. The summed E-state index contributed by atoms with van der Waals surface area (Å²) in [6.45, 7) is 3.88. The van der Waals surface area contributed by atoms with Gasteiger partial charge in [0.15, 0.2) is 0 Å². The Morgan fingerprint density at radius 1 is 1.17 bits per heavy atom. The van der Waals surface area contributed by atoms with Crippen LogP contribution in [0.2, 0.25) is 0 Å². The van der Waals surface area contributed by atoms with E-state index < -0.39 is 22.8 Å². The van der Waals surface area contributed by atoms with E-state index in [0.717, 1.165) is 0 Å². The molecular weight excluding hydrogens is 396 g/mol. The third-order valence-corrected chi connectivity index (χ3v) is 4.87. The van der Waals surface area contributed by atoms with Crippen LogP contribution in [-0.4, -0.2) is 61.0 Å². The molecule has 0 aliphatic carbocycles. The Bertz CT molecular complexity index is 906. The number of esters is 1. The number of carbonyl (C=O) groups is 2. The van der Waals surface area contributed by atoms with Gasteiger partial charge in [-0.3, -0.25) is 10.1 Å². The van der Waals surface area contributed by atoms with Gasteiger partial charge in [0, 0.05) is 30.6 Å². The molecule has 1 heterocycles. The largest absolute Gasteiger partial charge is 0.478 e. The van der Waals surface area contributed by atoms with Crippen LogP contribution in [0, 0.1) is 10.1 Å². The van der Waals surface area contributed by atoms with Crippen molar-refractivity contribution in [2.24, 2.45) is 0 Å². The molecule has 0 aromatic heterocycles. The van der Waals surface area contributed by atoms with Crippen LogP contribution in [0.3, 0.4) is 0 Å². The van der Waals surface area contributed by atoms with Crippen LogP contribution in [0.5, 0.6) is 0 Å². The number of allylic oxidation sites excluding steroid dienone is 2. The Hall–Kier alpha value is -3.24. The van der Waals surface area contributed by atoms with Gasteiger partial charge in [-0.2, -0.15) is 0 Å². The number of ether oxygens (including phenoxy) is 3. The number of benzene rings is 1. The number of nitro groups is 1. The summed E-state index contributed by atoms with van der Waals surface area (Å²) in [5.74, 6) is -3.01. The minimum Gasteiger partial charge on any atom is -0.478 e. The van der Waals surface area contributed by atoms with E-state index in [-0.39, 0.29) is 30.2 Å². The Morgan fingerprint density at radius 2 is 1.83 bits per heavy atom. The summed E-state index contributed by atoms with van der Waals surface area (Å²) in [6.07, 6.45) is 0. The number of carbonyl (C=O) groups excluding carboxylic acids is 1. The summed E-state index contributed by atoms with van der Waals surface area (Å²) in [6, 6.07) is 5.57. The van der Waals surface area contributed by atoms with Crippen molar-refractivity contribution in [3.05, 3.63) is 62.5 Å². The lowest BCUT2D eigenvalue weighted by atomic mass is 9.79. The number of carboxylic acids is 1. The average Bonchev–Trinajstić information content (AvgIpc) is 2.71. The molecule has 0 bridgehead atoms. The first-order valence-electron chi connectivity index (χ1n) is 9.06. The second-order valence-corrected chi connectivity index (χ2v) is 6.54. The molecule has 162 valence electrons. The van der Waals surface area contributed by atoms with E-state index in [2.05, 4.69) is 0 Å². The summed E-state index contributed by atoms with van der Waals surface area (Å²) in [4.78, 5) is 37.1. The molecule has 30 heavy (non-hydrogen) atoms. The van der Waals surface area contributed by atoms with Gasteiger partial charge in [0.1, 0.15) is 6.73 Å². The predicted molar refractivity (Wildman–Crippen MR) is 105 cm³/mol. The highest BCUT2D eigenvalue weighted by Crippen LogP contribution is 2.43. The molecule has 0 fully saturated rings. The highest BCUT2D eigenvalue weighted by atomic mass is 16.6. The molecule has 1 aliphatic rings. The zero-order valence-electron chi connectivity index (χ0n) is 17.2. The number of nitrogens with zero attached hydrogens (tertiary/aromatic N) is 2. The molecule has 1 N–H and O–H groups in total. The van der Waals surface area contributed by atoms with Crippen LogP contribution in [0.25, 0.3) is 0 Å². The predicted octanol–water partition coefficient (Wildman–Crippen LogP) is 2.42. The normalized spacial score (nSPS) is 16.7. The van der Waals surface area contributed by atoms with Crippen molar-refractivity contribution in [2.75, 3.05) is 34.2 Å². The molecule has 10 heteroatoms. The van der Waals surface area contributed by atoms with Crippen molar-refractivity contribution in [1.29, 1.82) is 0 Å². The van der Waals surface area contributed by atoms with Crippen LogP contribution < -0.4 is 0 Å². The molecule has 0 spiro atoms. The summed E-state index contributed by atoms with van der Waals surface area (Å²) in [5, 5.41) is 21.2. The zero-order chi connectivity index (χ0) is 22.4. The van der Waals surface area contributed by atoms with Gasteiger partial charge in [0.05, 0.1) is 42.3 Å². The standard InChI is InChI=1S/C20H24N2O8/c1-12-16(19(23)24)18(14-6-5-7-15(10-14)22(26)27)17(20(25)29-4)13(2)21(12)11-30-9-8-28-3/h5-7,10,18H,8-9,11H2,1-4H3,(H,23,24)/t18-/m0/s1. The third kappa shape index (κ3) is 4.66. The molecule has 1 aromatic carbocycles. The van der Waals surface area contributed by atoms with Gasteiger partial charge in [0.25, 0.3) is 5.69 Å². The van der Waals surface area contributed by atoms with E-state index >= 15 is 0 Å². The van der Waals surface area contributed by atoms with Gasteiger partial charge < -0.3 is 24.2 Å². The monoisotopic (exact) mass is 420 g/mol. The van der Waals surface area contributed by atoms with Gasteiger partial charge in [-0.05, 0) is 19.4 Å². The molecule has 2 rings (SSSR count). The van der Waals surface area contributed by atoms with Gasteiger partial charge >= 0.3 is 11.9 Å². The van der Waals surface area contributed by atoms with Crippen LogP contribution in [0.15, 0.2) is 46.8 Å². The maximum atomic E-state index is 12.7. The lowest BCUT2D eigenvalue weighted by molar-refractivity contribution is -0.384. The Balaban J connectivity index is 2.64. The van der Waals surface area contributed by atoms with E-state index in [0.29, 0.717) is 23.6 Å². The van der Waals surface area contributed by atoms with Gasteiger partial charge in [-0.1, -0.05) is 12.1 Å². The molecule has 1 atom stereocenters. The highest BCUT2D eigenvalue weighted by molar-refractivity contribution is 5.99. The number of hydrogen-bond acceptors (Lipinski definition) is 8. The minimum absolute atomic E-state index is 0.0000413. The van der Waals surface area contributed by atoms with E-state index in [1.54, 1.807) is 24.8 Å². The number of nitro benzene ring substituents is 1. The van der Waals surface area contributed by atoms with Gasteiger partial charge in [-0.25, -0.2) is 9.59 Å². The Labute approximate surface area is 173 Å². The third-order valence-electron chi connectivity index (χ3n) is 4.87. The van der Waals surface area contributed by atoms with Crippen LogP contribution in [0.1, 0.15) is 25.3 Å². The fourth-order valence-electron chi connectivity index (χ4n) is 3.40. The van der Waals surface area contributed by atoms with Crippen LogP contribution in [0.4, 0.5) is 5.69 Å². The first-order valence-corrected chi connectivity index (χ1v) is 9.06. The van der Waals surface area contributed by atoms with E-state index in [1.807, 2.05) is 0 Å². The second kappa shape index (κ2) is 9.99. The quantitative estimate of drug-likeness (QED) is 0.277. The lowest BCUT2D eigenvalue weighted by Gasteiger charge is -2.37. The zero-order valence-corrected chi connectivity index (χ0v) is 17.2. The van der Waals surface area contributed by atoms with Crippen molar-refractivity contribution in [2.45, 2.75) is 19.8 Å². The first-order chi connectivity index (χ1) is 14.2. The second-order valence-electron chi connectivity index (χ2n) is 6.54. The average molecular weight is 420 g/mol. The number of carboxylic acid groups (broad SMARTS) is 1. The van der Waals surface area contributed by atoms with Crippen molar-refractivity contribution in [3.8, 4) is 0 Å². The first kappa shape index (κ1) is 23.0. The summed E-state index contributed by atoms with van der Waals surface area (Å²) in [7, 11) is 2.72. The molecule has 1 aromatic rings. The maximum absolute atomic E-state index is 12.7. The van der Waals surface area contributed by atoms with Crippen LogP contribution >= 0.6 is 0 Å². The number of hydrogen-bond donors (Lipinski definition) is 1. The van der Waals surface area contributed by atoms with Crippen molar-refractivity contribution in [1.82, 2.24) is 4.90 Å². The molecule has 0 radical (unpaired) electrons. The SMILES string of the molecule is COCCOCN1C(C)=C(C(=O)O)[C@H](c2cccc([N+](=O)[O-])c2)C(C(=O)OC)=C1C. The molecule has 0 unspecified atom stereocenters. The highest BCUT2D eigenvalue weighted by Gasteiger charge is 2.40. The smallest absolute Gasteiger partial charge is 0.336 e. The molecule has 10 nitrogen and oxygen atoms in total. The van der Waals surface area contributed by atoms with Gasteiger partial charge in [-0.15, -0.1) is 0 Å².